The van der Waals surface area contributed by atoms with Crippen molar-refractivity contribution in [2.45, 2.75) is 32.4 Å². The molecule has 4 heteroatoms. The van der Waals surface area contributed by atoms with E-state index in [-0.39, 0.29) is 18.5 Å². The van der Waals surface area contributed by atoms with Crippen LogP contribution in [0.2, 0.25) is 0 Å². The Labute approximate surface area is 108 Å². The van der Waals surface area contributed by atoms with E-state index in [4.69, 9.17) is 10.8 Å². The van der Waals surface area contributed by atoms with Crippen LogP contribution in [0.3, 0.4) is 0 Å². The summed E-state index contributed by atoms with van der Waals surface area (Å²) in [4.78, 5) is 2.24. The summed E-state index contributed by atoms with van der Waals surface area (Å²) in [5.74, 6) is -0.235. The fourth-order valence-corrected chi connectivity index (χ4v) is 2.18. The topological polar surface area (TPSA) is 49.5 Å². The van der Waals surface area contributed by atoms with Crippen LogP contribution in [0.15, 0.2) is 24.3 Å². The van der Waals surface area contributed by atoms with Gasteiger partial charge in [0, 0.05) is 31.8 Å². The van der Waals surface area contributed by atoms with E-state index in [1.165, 1.54) is 12.1 Å². The molecule has 0 amide bonds. The third-order valence-electron chi connectivity index (χ3n) is 3.12. The first-order valence-corrected chi connectivity index (χ1v) is 6.42. The smallest absolute Gasteiger partial charge is 0.123 e. The van der Waals surface area contributed by atoms with Gasteiger partial charge >= 0.3 is 0 Å². The van der Waals surface area contributed by atoms with Gasteiger partial charge in [-0.15, -0.1) is 0 Å². The molecule has 1 aromatic carbocycles. The summed E-state index contributed by atoms with van der Waals surface area (Å²) in [5, 5.41) is 8.95. The molecule has 1 unspecified atom stereocenters. The highest BCUT2D eigenvalue weighted by Gasteiger charge is 2.21. The van der Waals surface area contributed by atoms with Gasteiger partial charge in [0.05, 0.1) is 0 Å². The summed E-state index contributed by atoms with van der Waals surface area (Å²) in [7, 11) is 0. The molecule has 18 heavy (non-hydrogen) atoms. The molecule has 1 atom stereocenters. The lowest BCUT2D eigenvalue weighted by atomic mass is 10.0. The molecule has 1 aromatic rings. The van der Waals surface area contributed by atoms with Crippen LogP contribution in [0, 0.1) is 5.82 Å². The van der Waals surface area contributed by atoms with Crippen LogP contribution >= 0.6 is 0 Å². The van der Waals surface area contributed by atoms with Gasteiger partial charge in [-0.3, -0.25) is 4.90 Å². The second-order valence-corrected chi connectivity index (χ2v) is 4.71. The fraction of sp³-hybridized carbons (Fsp3) is 0.571. The monoisotopic (exact) mass is 254 g/mol. The summed E-state index contributed by atoms with van der Waals surface area (Å²) in [6.45, 7) is 5.64. The predicted octanol–water partition coefficient (Wildman–Crippen LogP) is 1.92. The van der Waals surface area contributed by atoms with Crippen LogP contribution in [-0.2, 0) is 0 Å². The highest BCUT2D eigenvalue weighted by Crippen LogP contribution is 2.22. The Morgan fingerprint density at radius 3 is 2.33 bits per heavy atom. The molecule has 0 fully saturated rings. The van der Waals surface area contributed by atoms with E-state index in [0.29, 0.717) is 12.6 Å². The summed E-state index contributed by atoms with van der Waals surface area (Å²) in [6.07, 6.45) is 0.718. The van der Waals surface area contributed by atoms with Crippen LogP contribution < -0.4 is 5.73 Å². The maximum absolute atomic E-state index is 12.9. The maximum Gasteiger partial charge on any atom is 0.123 e. The predicted molar refractivity (Wildman–Crippen MR) is 71.7 cm³/mol. The molecule has 0 heterocycles. The standard InChI is InChI=1S/C14H23FN2O/c1-11(2)17(8-3-9-18)14(10-16)12-4-6-13(15)7-5-12/h4-7,11,14,18H,3,8-10,16H2,1-2H3. The maximum atomic E-state index is 12.9. The number of hydrogen-bond acceptors (Lipinski definition) is 3. The van der Waals surface area contributed by atoms with Crippen molar-refractivity contribution < 1.29 is 9.50 Å². The first-order valence-electron chi connectivity index (χ1n) is 6.42. The Kier molecular flexibility index (Phi) is 6.25. The van der Waals surface area contributed by atoms with Crippen molar-refractivity contribution in [3.8, 4) is 0 Å². The van der Waals surface area contributed by atoms with E-state index in [1.807, 2.05) is 0 Å². The van der Waals surface area contributed by atoms with Crippen molar-refractivity contribution in [1.29, 1.82) is 0 Å². The van der Waals surface area contributed by atoms with Gasteiger partial charge in [-0.25, -0.2) is 4.39 Å². The van der Waals surface area contributed by atoms with Gasteiger partial charge in [0.25, 0.3) is 0 Å². The van der Waals surface area contributed by atoms with Gasteiger partial charge in [-0.1, -0.05) is 12.1 Å². The zero-order chi connectivity index (χ0) is 13.5. The summed E-state index contributed by atoms with van der Waals surface area (Å²) >= 11 is 0. The van der Waals surface area contributed by atoms with Crippen molar-refractivity contribution in [3.05, 3.63) is 35.6 Å². The lowest BCUT2D eigenvalue weighted by Crippen LogP contribution is -2.39. The third kappa shape index (κ3) is 4.05. The lowest BCUT2D eigenvalue weighted by molar-refractivity contribution is 0.141. The summed E-state index contributed by atoms with van der Waals surface area (Å²) < 4.78 is 12.9. The van der Waals surface area contributed by atoms with Gasteiger partial charge in [-0.05, 0) is 38.0 Å². The number of aliphatic hydroxyl groups excluding tert-OH is 1. The Hall–Kier alpha value is -0.970. The molecule has 0 saturated heterocycles. The molecule has 0 aliphatic carbocycles. The van der Waals surface area contributed by atoms with E-state index < -0.39 is 0 Å². The van der Waals surface area contributed by atoms with Gasteiger partial charge < -0.3 is 10.8 Å². The molecule has 0 radical (unpaired) electrons. The highest BCUT2D eigenvalue weighted by atomic mass is 19.1. The molecular formula is C14H23FN2O. The Morgan fingerprint density at radius 2 is 1.89 bits per heavy atom. The first-order chi connectivity index (χ1) is 8.60. The van der Waals surface area contributed by atoms with E-state index in [1.54, 1.807) is 12.1 Å². The van der Waals surface area contributed by atoms with Crippen LogP contribution in [0.25, 0.3) is 0 Å². The van der Waals surface area contributed by atoms with Crippen LogP contribution in [-0.4, -0.2) is 35.7 Å². The van der Waals surface area contributed by atoms with Crippen molar-refractivity contribution in [2.75, 3.05) is 19.7 Å². The van der Waals surface area contributed by atoms with Crippen molar-refractivity contribution in [2.24, 2.45) is 5.73 Å². The average Bonchev–Trinajstić information content (AvgIpc) is 2.35. The molecule has 0 spiro atoms. The van der Waals surface area contributed by atoms with Gasteiger partial charge in [0.2, 0.25) is 0 Å². The Bertz CT molecular complexity index is 340. The minimum Gasteiger partial charge on any atom is -0.396 e. The van der Waals surface area contributed by atoms with Crippen LogP contribution in [0.5, 0.6) is 0 Å². The molecule has 1 rings (SSSR count). The molecule has 0 aromatic heterocycles. The van der Waals surface area contributed by atoms with Crippen molar-refractivity contribution >= 4 is 0 Å². The molecule has 0 saturated carbocycles. The molecule has 102 valence electrons. The largest absolute Gasteiger partial charge is 0.396 e. The third-order valence-corrected chi connectivity index (χ3v) is 3.12. The number of nitrogens with two attached hydrogens (primary N) is 1. The van der Waals surface area contributed by atoms with Crippen molar-refractivity contribution in [3.63, 3.8) is 0 Å². The van der Waals surface area contributed by atoms with Gasteiger partial charge in [0.1, 0.15) is 5.82 Å². The van der Waals surface area contributed by atoms with Crippen LogP contribution in [0.4, 0.5) is 4.39 Å². The SMILES string of the molecule is CC(C)N(CCCO)C(CN)c1ccc(F)cc1. The number of nitrogens with zero attached hydrogens (tertiary/aromatic N) is 1. The number of benzene rings is 1. The minimum absolute atomic E-state index is 0.0668. The second-order valence-electron chi connectivity index (χ2n) is 4.71. The number of rotatable bonds is 7. The Morgan fingerprint density at radius 1 is 1.28 bits per heavy atom. The van der Waals surface area contributed by atoms with E-state index in [9.17, 15) is 4.39 Å². The molecule has 0 aliphatic heterocycles. The summed E-state index contributed by atoms with van der Waals surface area (Å²) in [6, 6.07) is 6.88. The second kappa shape index (κ2) is 7.46. The van der Waals surface area contributed by atoms with Crippen LogP contribution in [0.1, 0.15) is 31.9 Å². The zero-order valence-corrected chi connectivity index (χ0v) is 11.1. The fourth-order valence-electron chi connectivity index (χ4n) is 2.18. The zero-order valence-electron chi connectivity index (χ0n) is 11.1. The van der Waals surface area contributed by atoms with Gasteiger partial charge in [0.15, 0.2) is 0 Å². The number of halogens is 1. The Balaban J connectivity index is 2.87. The molecule has 3 N–H and O–H groups in total. The molecule has 0 bridgehead atoms. The summed E-state index contributed by atoms with van der Waals surface area (Å²) in [5.41, 5.74) is 6.87. The quantitative estimate of drug-likeness (QED) is 0.781. The highest BCUT2D eigenvalue weighted by molar-refractivity contribution is 5.20. The van der Waals surface area contributed by atoms with E-state index in [2.05, 4.69) is 18.7 Å². The first kappa shape index (κ1) is 15.1. The number of hydrogen-bond donors (Lipinski definition) is 2. The molecule has 3 nitrogen and oxygen atoms in total. The average molecular weight is 254 g/mol. The lowest BCUT2D eigenvalue weighted by Gasteiger charge is -2.34. The van der Waals surface area contributed by atoms with E-state index >= 15 is 0 Å². The molecular weight excluding hydrogens is 231 g/mol. The normalized spacial score (nSPS) is 13.3. The van der Waals surface area contributed by atoms with Gasteiger partial charge in [-0.2, -0.15) is 0 Å². The molecule has 0 aliphatic rings. The van der Waals surface area contributed by atoms with E-state index in [0.717, 1.165) is 18.5 Å². The minimum atomic E-state index is -0.235. The van der Waals surface area contributed by atoms with Crippen molar-refractivity contribution in [1.82, 2.24) is 4.90 Å². The number of aliphatic hydroxyl groups is 1.